The highest BCUT2D eigenvalue weighted by atomic mass is 35.5. The van der Waals surface area contributed by atoms with Crippen molar-refractivity contribution in [3.63, 3.8) is 0 Å². The highest BCUT2D eigenvalue weighted by Gasteiger charge is 2.28. The number of aryl methyl sites for hydroxylation is 1. The predicted molar refractivity (Wildman–Crippen MR) is 130 cm³/mol. The zero-order valence-electron chi connectivity index (χ0n) is 18.1. The van der Waals surface area contributed by atoms with Crippen molar-refractivity contribution in [2.24, 2.45) is 5.92 Å². The van der Waals surface area contributed by atoms with Gasteiger partial charge in [0.25, 0.3) is 0 Å². The van der Waals surface area contributed by atoms with E-state index >= 15 is 0 Å². The largest absolute Gasteiger partial charge is 0.352 e. The number of carbonyl (C=O) groups excluding carboxylic acids is 1. The number of nitrogens with zero attached hydrogens (tertiary/aromatic N) is 4. The van der Waals surface area contributed by atoms with Gasteiger partial charge in [0.05, 0.1) is 22.0 Å². The van der Waals surface area contributed by atoms with Crippen molar-refractivity contribution in [2.45, 2.75) is 26.3 Å². The second-order valence-corrected chi connectivity index (χ2v) is 9.67. The number of thiazole rings is 1. The summed E-state index contributed by atoms with van der Waals surface area (Å²) in [4.78, 5) is 19.9. The van der Waals surface area contributed by atoms with Crippen molar-refractivity contribution < 1.29 is 9.18 Å². The van der Waals surface area contributed by atoms with E-state index in [4.69, 9.17) is 16.6 Å². The van der Waals surface area contributed by atoms with Crippen LogP contribution in [0.4, 0.5) is 9.52 Å². The van der Waals surface area contributed by atoms with Gasteiger partial charge < -0.3 is 10.2 Å². The lowest BCUT2D eigenvalue weighted by Gasteiger charge is -2.31. The summed E-state index contributed by atoms with van der Waals surface area (Å²) in [6.45, 7) is 3.87. The third kappa shape index (κ3) is 4.58. The molecule has 0 radical (unpaired) electrons. The maximum absolute atomic E-state index is 13.1. The molecule has 170 valence electrons. The first-order valence-electron chi connectivity index (χ1n) is 10.9. The fraction of sp³-hybridized carbons (Fsp3) is 0.292. The standard InChI is InChI=1S/C24H23ClFN5OS/c1-15-21-22(31(29-15)20-10-6-18(25)7-11-20)28-24(33-21)30-12-2-3-17(14-30)23(32)27-13-16-4-8-19(26)9-5-16/h4-11,17H,2-3,12-14H2,1H3,(H,27,32). The highest BCUT2D eigenvalue weighted by molar-refractivity contribution is 7.22. The van der Waals surface area contributed by atoms with E-state index in [-0.39, 0.29) is 17.6 Å². The van der Waals surface area contributed by atoms with Crippen molar-refractivity contribution in [3.05, 3.63) is 70.6 Å². The number of rotatable bonds is 5. The zero-order valence-corrected chi connectivity index (χ0v) is 19.7. The summed E-state index contributed by atoms with van der Waals surface area (Å²) in [5.74, 6) is -0.369. The maximum atomic E-state index is 13.1. The van der Waals surface area contributed by atoms with Gasteiger partial charge in [0, 0.05) is 24.7 Å². The summed E-state index contributed by atoms with van der Waals surface area (Å²) < 4.78 is 16.0. The Hall–Kier alpha value is -2.97. The van der Waals surface area contributed by atoms with Crippen LogP contribution >= 0.6 is 22.9 Å². The summed E-state index contributed by atoms with van der Waals surface area (Å²) >= 11 is 7.65. The molecule has 1 aliphatic rings. The molecule has 0 bridgehead atoms. The number of halogens is 2. The fourth-order valence-electron chi connectivity index (χ4n) is 4.12. The minimum Gasteiger partial charge on any atom is -0.352 e. The van der Waals surface area contributed by atoms with Crippen molar-refractivity contribution in [2.75, 3.05) is 18.0 Å². The number of fused-ring (bicyclic) bond motifs is 1. The van der Waals surface area contributed by atoms with Crippen LogP contribution in [0.5, 0.6) is 0 Å². The van der Waals surface area contributed by atoms with Crippen molar-refractivity contribution in [3.8, 4) is 5.69 Å². The molecule has 1 fully saturated rings. The van der Waals surface area contributed by atoms with Crippen LogP contribution in [0.1, 0.15) is 24.1 Å². The molecular weight excluding hydrogens is 461 g/mol. The Balaban J connectivity index is 1.31. The molecule has 1 N–H and O–H groups in total. The first-order chi connectivity index (χ1) is 16.0. The lowest BCUT2D eigenvalue weighted by atomic mass is 9.97. The molecule has 4 aromatic rings. The maximum Gasteiger partial charge on any atom is 0.225 e. The van der Waals surface area contributed by atoms with E-state index in [0.29, 0.717) is 18.1 Å². The van der Waals surface area contributed by atoms with Gasteiger partial charge in [-0.3, -0.25) is 4.79 Å². The molecule has 0 aliphatic carbocycles. The molecule has 6 nitrogen and oxygen atoms in total. The number of piperidine rings is 1. The van der Waals surface area contributed by atoms with E-state index < -0.39 is 0 Å². The van der Waals surface area contributed by atoms with E-state index in [9.17, 15) is 9.18 Å². The monoisotopic (exact) mass is 483 g/mol. The van der Waals surface area contributed by atoms with Gasteiger partial charge in [0.2, 0.25) is 5.91 Å². The average Bonchev–Trinajstić information content (AvgIpc) is 3.40. The number of hydrogen-bond acceptors (Lipinski definition) is 5. The molecule has 0 saturated carbocycles. The van der Waals surface area contributed by atoms with E-state index in [0.717, 1.165) is 51.8 Å². The third-order valence-electron chi connectivity index (χ3n) is 5.89. The van der Waals surface area contributed by atoms with Crippen LogP contribution in [0.3, 0.4) is 0 Å². The Kier molecular flexibility index (Phi) is 6.03. The highest BCUT2D eigenvalue weighted by Crippen LogP contribution is 2.34. The third-order valence-corrected chi connectivity index (χ3v) is 7.36. The van der Waals surface area contributed by atoms with Crippen LogP contribution in [-0.4, -0.2) is 33.8 Å². The summed E-state index contributed by atoms with van der Waals surface area (Å²) in [5.41, 5.74) is 3.53. The number of nitrogens with one attached hydrogen (secondary N) is 1. The van der Waals surface area contributed by atoms with Crippen LogP contribution < -0.4 is 10.2 Å². The molecule has 33 heavy (non-hydrogen) atoms. The Morgan fingerprint density at radius 3 is 2.73 bits per heavy atom. The summed E-state index contributed by atoms with van der Waals surface area (Å²) in [5, 5.41) is 9.23. The molecule has 1 amide bonds. The first kappa shape index (κ1) is 21.9. The van der Waals surface area contributed by atoms with E-state index in [1.807, 2.05) is 35.9 Å². The van der Waals surface area contributed by atoms with E-state index in [2.05, 4.69) is 15.3 Å². The number of anilines is 1. The SMILES string of the molecule is Cc1nn(-c2ccc(Cl)cc2)c2nc(N3CCCC(C(=O)NCc4ccc(F)cc4)C3)sc12. The van der Waals surface area contributed by atoms with Crippen LogP contribution in [-0.2, 0) is 11.3 Å². The molecule has 1 aliphatic heterocycles. The summed E-state index contributed by atoms with van der Waals surface area (Å²) in [6, 6.07) is 13.7. The smallest absolute Gasteiger partial charge is 0.225 e. The van der Waals surface area contributed by atoms with Crippen molar-refractivity contribution >= 4 is 44.3 Å². The zero-order chi connectivity index (χ0) is 22.9. The molecule has 0 spiro atoms. The summed E-state index contributed by atoms with van der Waals surface area (Å²) in [7, 11) is 0. The number of carbonyl (C=O) groups is 1. The molecule has 2 aromatic heterocycles. The topological polar surface area (TPSA) is 63.1 Å². The Morgan fingerprint density at radius 2 is 1.97 bits per heavy atom. The van der Waals surface area contributed by atoms with Gasteiger partial charge in [-0.05, 0) is 61.7 Å². The summed E-state index contributed by atoms with van der Waals surface area (Å²) in [6.07, 6.45) is 1.76. The van der Waals surface area contributed by atoms with Gasteiger partial charge in [-0.2, -0.15) is 10.1 Å². The molecule has 1 atom stereocenters. The lowest BCUT2D eigenvalue weighted by molar-refractivity contribution is -0.125. The van der Waals surface area contributed by atoms with Crippen LogP contribution in [0.2, 0.25) is 5.02 Å². The van der Waals surface area contributed by atoms with Crippen LogP contribution in [0.15, 0.2) is 48.5 Å². The van der Waals surface area contributed by atoms with Crippen molar-refractivity contribution in [1.82, 2.24) is 20.1 Å². The number of aromatic nitrogens is 3. The predicted octanol–water partition coefficient (Wildman–Crippen LogP) is 5.12. The minimum absolute atomic E-state index is 0.0219. The fourth-order valence-corrected chi connectivity index (χ4v) is 5.27. The molecule has 2 aromatic carbocycles. The first-order valence-corrected chi connectivity index (χ1v) is 12.1. The van der Waals surface area contributed by atoms with Gasteiger partial charge in [0.15, 0.2) is 10.8 Å². The van der Waals surface area contributed by atoms with E-state index in [1.165, 1.54) is 12.1 Å². The Morgan fingerprint density at radius 1 is 1.21 bits per heavy atom. The average molecular weight is 484 g/mol. The number of amides is 1. The van der Waals surface area contributed by atoms with E-state index in [1.54, 1.807) is 23.5 Å². The van der Waals surface area contributed by atoms with Gasteiger partial charge in [-0.1, -0.05) is 35.1 Å². The lowest BCUT2D eigenvalue weighted by Crippen LogP contribution is -2.43. The molecule has 1 unspecified atom stereocenters. The second kappa shape index (κ2) is 9.11. The van der Waals surface area contributed by atoms with Gasteiger partial charge in [0.1, 0.15) is 5.82 Å². The number of hydrogen-bond donors (Lipinski definition) is 1. The van der Waals surface area contributed by atoms with Gasteiger partial charge >= 0.3 is 0 Å². The van der Waals surface area contributed by atoms with Gasteiger partial charge in [-0.15, -0.1) is 0 Å². The molecule has 3 heterocycles. The normalized spacial score (nSPS) is 16.3. The van der Waals surface area contributed by atoms with Crippen molar-refractivity contribution in [1.29, 1.82) is 0 Å². The molecule has 9 heteroatoms. The Labute approximate surface area is 200 Å². The number of benzene rings is 2. The van der Waals surface area contributed by atoms with Crippen LogP contribution in [0.25, 0.3) is 16.0 Å². The molecule has 1 saturated heterocycles. The quantitative estimate of drug-likeness (QED) is 0.428. The second-order valence-electron chi connectivity index (χ2n) is 8.25. The van der Waals surface area contributed by atoms with Crippen LogP contribution in [0, 0.1) is 18.7 Å². The van der Waals surface area contributed by atoms with Gasteiger partial charge in [-0.25, -0.2) is 9.07 Å². The Bertz CT molecular complexity index is 1280. The molecule has 5 rings (SSSR count). The minimum atomic E-state index is -0.279. The molecular formula is C24H23ClFN5OS.